The number of anilines is 2. The normalized spacial score (nSPS) is 10.4. The molecule has 0 bridgehead atoms. The number of hydrogen-bond donors (Lipinski definition) is 2. The van der Waals surface area contributed by atoms with E-state index >= 15 is 0 Å². The molecule has 1 aromatic rings. The molecule has 0 unspecified atom stereocenters. The highest BCUT2D eigenvalue weighted by Crippen LogP contribution is 2.15. The number of nitrogens with one attached hydrogen (secondary N) is 1. The second-order valence-electron chi connectivity index (χ2n) is 4.39. The van der Waals surface area contributed by atoms with E-state index in [-0.39, 0.29) is 6.61 Å². The Hall–Kier alpha value is -1.36. The van der Waals surface area contributed by atoms with Crippen LogP contribution in [0.15, 0.2) is 6.07 Å². The van der Waals surface area contributed by atoms with E-state index in [4.69, 9.17) is 5.11 Å². The Morgan fingerprint density at radius 3 is 2.72 bits per heavy atom. The summed E-state index contributed by atoms with van der Waals surface area (Å²) in [6.45, 7) is 6.04. The molecule has 0 atom stereocenters. The third-order valence-electron chi connectivity index (χ3n) is 2.73. The first-order chi connectivity index (χ1) is 8.67. The van der Waals surface area contributed by atoms with Gasteiger partial charge in [-0.05, 0) is 33.1 Å². The molecule has 0 aliphatic heterocycles. The second kappa shape index (κ2) is 7.87. The minimum Gasteiger partial charge on any atom is -0.396 e. The van der Waals surface area contributed by atoms with Crippen LogP contribution in [0.2, 0.25) is 0 Å². The van der Waals surface area contributed by atoms with Crippen LogP contribution in [-0.2, 0) is 0 Å². The van der Waals surface area contributed by atoms with Crippen LogP contribution in [0.1, 0.15) is 32.0 Å². The molecule has 0 spiro atoms. The molecule has 1 rings (SSSR count). The fourth-order valence-corrected chi connectivity index (χ4v) is 1.77. The van der Waals surface area contributed by atoms with Gasteiger partial charge in [-0.2, -0.15) is 0 Å². The summed E-state index contributed by atoms with van der Waals surface area (Å²) in [6, 6.07) is 1.97. The fraction of sp³-hybridized carbons (Fsp3) is 0.692. The molecule has 0 amide bonds. The molecule has 0 aliphatic carbocycles. The molecule has 2 N–H and O–H groups in total. The summed E-state index contributed by atoms with van der Waals surface area (Å²) in [5.41, 5.74) is 0. The highest BCUT2D eigenvalue weighted by atomic mass is 16.2. The molecule has 0 fully saturated rings. The predicted octanol–water partition coefficient (Wildman–Crippen LogP) is 1.82. The SMILES string of the molecule is CCNc1cc(N(C)CCCCCO)nc(C)n1. The maximum atomic E-state index is 8.74. The van der Waals surface area contributed by atoms with Crippen molar-refractivity contribution in [3.05, 3.63) is 11.9 Å². The summed E-state index contributed by atoms with van der Waals surface area (Å²) in [5.74, 6) is 2.61. The second-order valence-corrected chi connectivity index (χ2v) is 4.39. The van der Waals surface area contributed by atoms with E-state index in [1.165, 1.54) is 0 Å². The van der Waals surface area contributed by atoms with Crippen molar-refractivity contribution in [2.24, 2.45) is 0 Å². The molecule has 5 nitrogen and oxygen atoms in total. The van der Waals surface area contributed by atoms with Crippen molar-refractivity contribution in [2.75, 3.05) is 37.0 Å². The number of aromatic nitrogens is 2. The Labute approximate surface area is 109 Å². The lowest BCUT2D eigenvalue weighted by Gasteiger charge is -2.19. The summed E-state index contributed by atoms with van der Waals surface area (Å²) in [6.07, 6.45) is 2.99. The van der Waals surface area contributed by atoms with Gasteiger partial charge in [0.25, 0.3) is 0 Å². The first-order valence-electron chi connectivity index (χ1n) is 6.59. The molecule has 0 saturated heterocycles. The van der Waals surface area contributed by atoms with Gasteiger partial charge in [0.15, 0.2) is 0 Å². The van der Waals surface area contributed by atoms with Gasteiger partial charge < -0.3 is 15.3 Å². The summed E-state index contributed by atoms with van der Waals surface area (Å²) < 4.78 is 0. The smallest absolute Gasteiger partial charge is 0.134 e. The van der Waals surface area contributed by atoms with Gasteiger partial charge in [0.1, 0.15) is 17.5 Å². The standard InChI is InChI=1S/C13H24N4O/c1-4-14-12-10-13(16-11(2)15-12)17(3)8-6-5-7-9-18/h10,18H,4-9H2,1-3H3,(H,14,15,16). The van der Waals surface area contributed by atoms with Crippen molar-refractivity contribution in [1.29, 1.82) is 0 Å². The summed E-state index contributed by atoms with van der Waals surface area (Å²) in [5, 5.41) is 11.9. The van der Waals surface area contributed by atoms with Gasteiger partial charge in [-0.15, -0.1) is 0 Å². The zero-order valence-corrected chi connectivity index (χ0v) is 11.6. The van der Waals surface area contributed by atoms with Crippen LogP contribution < -0.4 is 10.2 Å². The van der Waals surface area contributed by atoms with Crippen molar-refractivity contribution >= 4 is 11.6 Å². The zero-order valence-electron chi connectivity index (χ0n) is 11.6. The van der Waals surface area contributed by atoms with Gasteiger partial charge >= 0.3 is 0 Å². The summed E-state index contributed by atoms with van der Waals surface area (Å²) >= 11 is 0. The van der Waals surface area contributed by atoms with Crippen LogP contribution in [0.4, 0.5) is 11.6 Å². The van der Waals surface area contributed by atoms with Gasteiger partial charge in [0, 0.05) is 32.8 Å². The van der Waals surface area contributed by atoms with E-state index in [1.54, 1.807) is 0 Å². The molecule has 18 heavy (non-hydrogen) atoms. The molecule has 102 valence electrons. The minimum atomic E-state index is 0.279. The molecule has 0 saturated carbocycles. The number of unbranched alkanes of at least 4 members (excludes halogenated alkanes) is 2. The molecule has 0 aromatic carbocycles. The molecule has 0 radical (unpaired) electrons. The molecular formula is C13H24N4O. The van der Waals surface area contributed by atoms with Gasteiger partial charge in [0.2, 0.25) is 0 Å². The molecule has 0 aliphatic rings. The van der Waals surface area contributed by atoms with Crippen LogP contribution in [0.5, 0.6) is 0 Å². The molecular weight excluding hydrogens is 228 g/mol. The van der Waals surface area contributed by atoms with Gasteiger partial charge in [-0.3, -0.25) is 0 Å². The average Bonchev–Trinajstić information content (AvgIpc) is 2.34. The molecule has 1 heterocycles. The Kier molecular flexibility index (Phi) is 6.43. The van der Waals surface area contributed by atoms with E-state index in [2.05, 4.69) is 27.1 Å². The van der Waals surface area contributed by atoms with E-state index in [1.807, 2.05) is 20.0 Å². The largest absolute Gasteiger partial charge is 0.396 e. The predicted molar refractivity (Wildman–Crippen MR) is 75.1 cm³/mol. The van der Waals surface area contributed by atoms with Gasteiger partial charge in [-0.25, -0.2) is 9.97 Å². The van der Waals surface area contributed by atoms with E-state index in [0.29, 0.717) is 0 Å². The Bertz CT molecular complexity index is 357. The maximum absolute atomic E-state index is 8.74. The van der Waals surface area contributed by atoms with Crippen LogP contribution >= 0.6 is 0 Å². The number of aliphatic hydroxyl groups is 1. The molecule has 1 aromatic heterocycles. The van der Waals surface area contributed by atoms with Gasteiger partial charge in [0.05, 0.1) is 0 Å². The maximum Gasteiger partial charge on any atom is 0.134 e. The number of nitrogens with zero attached hydrogens (tertiary/aromatic N) is 3. The van der Waals surface area contributed by atoms with E-state index < -0.39 is 0 Å². The lowest BCUT2D eigenvalue weighted by Crippen LogP contribution is -2.20. The third kappa shape index (κ3) is 4.87. The fourth-order valence-electron chi connectivity index (χ4n) is 1.77. The Balaban J connectivity index is 2.58. The minimum absolute atomic E-state index is 0.279. The lowest BCUT2D eigenvalue weighted by atomic mass is 10.2. The van der Waals surface area contributed by atoms with Crippen LogP contribution in [0.25, 0.3) is 0 Å². The quantitative estimate of drug-likeness (QED) is 0.691. The van der Waals surface area contributed by atoms with E-state index in [0.717, 1.165) is 49.8 Å². The first kappa shape index (κ1) is 14.7. The molecule has 5 heteroatoms. The van der Waals surface area contributed by atoms with Crippen LogP contribution in [-0.4, -0.2) is 41.8 Å². The van der Waals surface area contributed by atoms with Crippen LogP contribution in [0, 0.1) is 6.92 Å². The number of hydrogen-bond acceptors (Lipinski definition) is 5. The van der Waals surface area contributed by atoms with Crippen molar-refractivity contribution in [2.45, 2.75) is 33.1 Å². The highest BCUT2D eigenvalue weighted by Gasteiger charge is 2.05. The van der Waals surface area contributed by atoms with Crippen molar-refractivity contribution < 1.29 is 5.11 Å². The number of rotatable bonds is 8. The first-order valence-corrected chi connectivity index (χ1v) is 6.59. The Morgan fingerprint density at radius 1 is 1.28 bits per heavy atom. The summed E-state index contributed by atoms with van der Waals surface area (Å²) in [4.78, 5) is 10.9. The average molecular weight is 252 g/mol. The van der Waals surface area contributed by atoms with Crippen LogP contribution in [0.3, 0.4) is 0 Å². The van der Waals surface area contributed by atoms with E-state index in [9.17, 15) is 0 Å². The number of aryl methyl sites for hydroxylation is 1. The number of aliphatic hydroxyl groups excluding tert-OH is 1. The van der Waals surface area contributed by atoms with Gasteiger partial charge in [-0.1, -0.05) is 0 Å². The Morgan fingerprint density at radius 2 is 2.06 bits per heavy atom. The van der Waals surface area contributed by atoms with Crippen molar-refractivity contribution in [3.8, 4) is 0 Å². The summed E-state index contributed by atoms with van der Waals surface area (Å²) in [7, 11) is 2.04. The highest BCUT2D eigenvalue weighted by molar-refractivity contribution is 5.48. The topological polar surface area (TPSA) is 61.3 Å². The lowest BCUT2D eigenvalue weighted by molar-refractivity contribution is 0.283. The third-order valence-corrected chi connectivity index (χ3v) is 2.73. The monoisotopic (exact) mass is 252 g/mol. The van der Waals surface area contributed by atoms with Crippen molar-refractivity contribution in [3.63, 3.8) is 0 Å². The van der Waals surface area contributed by atoms with Crippen molar-refractivity contribution in [1.82, 2.24) is 9.97 Å². The zero-order chi connectivity index (χ0) is 13.4.